The number of nitrogens with zero attached hydrogens (tertiary/aromatic N) is 1. The van der Waals surface area contributed by atoms with E-state index in [0.29, 0.717) is 5.69 Å². The SMILES string of the molecule is Cc1ccc(S(=O)(=O)Nc2cc3c(c4ccccc24)O[C@@]2(N4CCOCC4)CCCC[C@@H]32)cc1. The van der Waals surface area contributed by atoms with Crippen LogP contribution >= 0.6 is 0 Å². The van der Waals surface area contributed by atoms with E-state index in [1.165, 1.54) is 0 Å². The summed E-state index contributed by atoms with van der Waals surface area (Å²) in [5.41, 5.74) is 2.38. The number of morpholine rings is 1. The lowest BCUT2D eigenvalue weighted by molar-refractivity contribution is -0.138. The monoisotopic (exact) mass is 478 g/mol. The largest absolute Gasteiger partial charge is 0.471 e. The van der Waals surface area contributed by atoms with Gasteiger partial charge in [-0.25, -0.2) is 8.42 Å². The molecule has 3 aromatic rings. The highest BCUT2D eigenvalue weighted by molar-refractivity contribution is 7.92. The molecule has 0 bridgehead atoms. The molecule has 6 rings (SSSR count). The van der Waals surface area contributed by atoms with Crippen LogP contribution in [-0.4, -0.2) is 45.3 Å². The third-order valence-corrected chi connectivity index (χ3v) is 9.00. The first-order valence-corrected chi connectivity index (χ1v) is 13.6. The molecule has 2 aliphatic heterocycles. The summed E-state index contributed by atoms with van der Waals surface area (Å²) in [5.74, 6) is 1.12. The molecule has 34 heavy (non-hydrogen) atoms. The Kier molecular flexibility index (Phi) is 5.32. The van der Waals surface area contributed by atoms with E-state index in [2.05, 4.69) is 9.62 Å². The van der Waals surface area contributed by atoms with Crippen LogP contribution in [0.1, 0.15) is 42.7 Å². The number of anilines is 1. The van der Waals surface area contributed by atoms with Crippen molar-refractivity contribution in [2.45, 2.75) is 49.1 Å². The Morgan fingerprint density at radius 3 is 2.50 bits per heavy atom. The van der Waals surface area contributed by atoms with Crippen molar-refractivity contribution in [1.29, 1.82) is 0 Å². The van der Waals surface area contributed by atoms with Crippen LogP contribution in [0.15, 0.2) is 59.5 Å². The molecular formula is C27H30N2O4S. The molecule has 7 heteroatoms. The number of benzene rings is 3. The molecule has 0 aromatic heterocycles. The first-order valence-electron chi connectivity index (χ1n) is 12.1. The molecule has 3 aliphatic rings. The van der Waals surface area contributed by atoms with Gasteiger partial charge < -0.3 is 9.47 Å². The topological polar surface area (TPSA) is 67.9 Å². The molecule has 2 heterocycles. The van der Waals surface area contributed by atoms with E-state index < -0.39 is 10.0 Å². The average molecular weight is 479 g/mol. The van der Waals surface area contributed by atoms with Gasteiger partial charge in [0.05, 0.1) is 23.8 Å². The van der Waals surface area contributed by atoms with Gasteiger partial charge in [-0.2, -0.15) is 0 Å². The number of sulfonamides is 1. The predicted octanol–water partition coefficient (Wildman–Crippen LogP) is 5.03. The van der Waals surface area contributed by atoms with Gasteiger partial charge in [0.2, 0.25) is 0 Å². The number of nitrogens with one attached hydrogen (secondary N) is 1. The van der Waals surface area contributed by atoms with Crippen LogP contribution in [-0.2, 0) is 14.8 Å². The first-order chi connectivity index (χ1) is 16.5. The normalized spacial score (nSPS) is 24.9. The van der Waals surface area contributed by atoms with Gasteiger partial charge in [0, 0.05) is 41.8 Å². The summed E-state index contributed by atoms with van der Waals surface area (Å²) >= 11 is 0. The minimum absolute atomic E-state index is 0.210. The van der Waals surface area contributed by atoms with Gasteiger partial charge >= 0.3 is 0 Å². The van der Waals surface area contributed by atoms with Crippen molar-refractivity contribution < 1.29 is 17.9 Å². The zero-order valence-corrected chi connectivity index (χ0v) is 20.2. The second-order valence-electron chi connectivity index (χ2n) is 9.65. The number of hydrogen-bond acceptors (Lipinski definition) is 5. The Hall–Kier alpha value is -2.61. The molecule has 178 valence electrons. The highest BCUT2D eigenvalue weighted by atomic mass is 32.2. The van der Waals surface area contributed by atoms with Gasteiger partial charge in [0.1, 0.15) is 5.75 Å². The molecule has 2 atom stereocenters. The molecule has 1 aliphatic carbocycles. The summed E-state index contributed by atoms with van der Waals surface area (Å²) in [6, 6.07) is 16.9. The summed E-state index contributed by atoms with van der Waals surface area (Å²) in [7, 11) is -3.72. The second kappa shape index (κ2) is 8.26. The third kappa shape index (κ3) is 3.49. The highest BCUT2D eigenvalue weighted by Crippen LogP contribution is 2.57. The Morgan fingerprint density at radius 1 is 1.00 bits per heavy atom. The maximum absolute atomic E-state index is 13.3. The van der Waals surface area contributed by atoms with Crippen molar-refractivity contribution >= 4 is 26.5 Å². The van der Waals surface area contributed by atoms with Crippen molar-refractivity contribution in [3.8, 4) is 5.75 Å². The number of hydrogen-bond donors (Lipinski definition) is 1. The highest BCUT2D eigenvalue weighted by Gasteiger charge is 2.54. The van der Waals surface area contributed by atoms with Gasteiger partial charge in [-0.1, -0.05) is 48.4 Å². The van der Waals surface area contributed by atoms with Crippen LogP contribution in [0.2, 0.25) is 0 Å². The maximum atomic E-state index is 13.3. The molecular weight excluding hydrogens is 448 g/mol. The lowest BCUT2D eigenvalue weighted by Gasteiger charge is -2.47. The van der Waals surface area contributed by atoms with E-state index in [4.69, 9.17) is 9.47 Å². The van der Waals surface area contributed by atoms with E-state index in [0.717, 1.165) is 79.6 Å². The Bertz CT molecular complexity index is 1330. The van der Waals surface area contributed by atoms with Crippen molar-refractivity contribution in [3.63, 3.8) is 0 Å². The van der Waals surface area contributed by atoms with E-state index in [1.54, 1.807) is 12.1 Å². The molecule has 3 aromatic carbocycles. The van der Waals surface area contributed by atoms with Crippen molar-refractivity contribution in [2.75, 3.05) is 31.0 Å². The van der Waals surface area contributed by atoms with Gasteiger partial charge in [-0.3, -0.25) is 9.62 Å². The Morgan fingerprint density at radius 2 is 1.74 bits per heavy atom. The molecule has 0 amide bonds. The summed E-state index contributed by atoms with van der Waals surface area (Å²) in [6.07, 6.45) is 4.29. The molecule has 1 saturated heterocycles. The summed E-state index contributed by atoms with van der Waals surface area (Å²) in [4.78, 5) is 2.73. The number of rotatable bonds is 4. The smallest absolute Gasteiger partial charge is 0.261 e. The Balaban J connectivity index is 1.46. The summed E-state index contributed by atoms with van der Waals surface area (Å²) < 4.78 is 42.0. The van der Waals surface area contributed by atoms with E-state index in [9.17, 15) is 8.42 Å². The fourth-order valence-electron chi connectivity index (χ4n) is 5.96. The van der Waals surface area contributed by atoms with E-state index >= 15 is 0 Å². The second-order valence-corrected chi connectivity index (χ2v) is 11.3. The van der Waals surface area contributed by atoms with Crippen molar-refractivity contribution in [1.82, 2.24) is 4.90 Å². The maximum Gasteiger partial charge on any atom is 0.261 e. The standard InChI is InChI=1S/C27H30N2O4S/c1-19-9-11-20(12-10-19)34(30,31)28-25-18-23-24-8-4-5-13-27(24,29-14-16-32-17-15-29)33-26(23)22-7-3-2-6-21(22)25/h2-3,6-7,9-12,18,24,28H,4-5,8,13-17H2,1H3/t24-,27-/m0/s1. The fraction of sp³-hybridized carbons (Fsp3) is 0.407. The molecule has 0 spiro atoms. The van der Waals surface area contributed by atoms with Gasteiger partial charge in [-0.15, -0.1) is 0 Å². The number of ether oxygens (including phenoxy) is 2. The lowest BCUT2D eigenvalue weighted by atomic mass is 9.77. The Labute approximate surface area is 200 Å². The molecule has 2 fully saturated rings. The van der Waals surface area contributed by atoms with E-state index in [1.807, 2.05) is 49.4 Å². The van der Waals surface area contributed by atoms with Crippen molar-refractivity contribution in [2.24, 2.45) is 0 Å². The van der Waals surface area contributed by atoms with Gasteiger partial charge in [0.15, 0.2) is 5.72 Å². The van der Waals surface area contributed by atoms with Crippen LogP contribution in [0, 0.1) is 6.92 Å². The van der Waals surface area contributed by atoms with Crippen LogP contribution in [0.25, 0.3) is 10.8 Å². The molecule has 0 unspecified atom stereocenters. The predicted molar refractivity (Wildman–Crippen MR) is 133 cm³/mol. The molecule has 1 saturated carbocycles. The van der Waals surface area contributed by atoms with Crippen LogP contribution < -0.4 is 9.46 Å². The van der Waals surface area contributed by atoms with Gasteiger partial charge in [-0.05, 0) is 38.0 Å². The molecule has 6 nitrogen and oxygen atoms in total. The quantitative estimate of drug-likeness (QED) is 0.570. The number of aryl methyl sites for hydroxylation is 1. The van der Waals surface area contributed by atoms with E-state index in [-0.39, 0.29) is 16.5 Å². The minimum Gasteiger partial charge on any atom is -0.471 e. The lowest BCUT2D eigenvalue weighted by Crippen LogP contribution is -2.59. The third-order valence-electron chi connectivity index (χ3n) is 7.62. The molecule has 1 N–H and O–H groups in total. The zero-order valence-electron chi connectivity index (χ0n) is 19.4. The summed E-state index contributed by atoms with van der Waals surface area (Å²) in [5, 5.41) is 1.82. The summed E-state index contributed by atoms with van der Waals surface area (Å²) in [6.45, 7) is 5.10. The average Bonchev–Trinajstić information content (AvgIpc) is 3.21. The van der Waals surface area contributed by atoms with Crippen LogP contribution in [0.4, 0.5) is 5.69 Å². The first kappa shape index (κ1) is 21.9. The minimum atomic E-state index is -3.72. The number of fused-ring (bicyclic) bond motifs is 5. The fourth-order valence-corrected chi connectivity index (χ4v) is 7.03. The van der Waals surface area contributed by atoms with Crippen molar-refractivity contribution in [3.05, 3.63) is 65.7 Å². The zero-order chi connectivity index (χ0) is 23.3. The van der Waals surface area contributed by atoms with Crippen LogP contribution in [0.5, 0.6) is 5.75 Å². The molecule has 0 radical (unpaired) electrons. The van der Waals surface area contributed by atoms with Gasteiger partial charge in [0.25, 0.3) is 10.0 Å². The van der Waals surface area contributed by atoms with Crippen LogP contribution in [0.3, 0.4) is 0 Å².